The third-order valence-corrected chi connectivity index (χ3v) is 3.26. The lowest BCUT2D eigenvalue weighted by molar-refractivity contribution is 0.0270. The molecule has 0 aliphatic carbocycles. The van der Waals surface area contributed by atoms with E-state index in [4.69, 9.17) is 9.47 Å². The topological polar surface area (TPSA) is 51.7 Å². The lowest BCUT2D eigenvalue weighted by Crippen LogP contribution is -2.39. The molecule has 1 amide bonds. The van der Waals surface area contributed by atoms with Crippen LogP contribution in [0.4, 0.5) is 4.79 Å². The second kappa shape index (κ2) is 6.81. The quantitative estimate of drug-likeness (QED) is 0.857. The standard InChI is InChI=1S/C17H24N2O3/c1-5-21-15-7-6-14(12-18-15)13-8-10-19(11-9-13)16(20)22-17(2,3)4/h6-8,12H,5,9-11H2,1-4H3. The first-order valence-corrected chi connectivity index (χ1v) is 7.65. The second-order valence-electron chi connectivity index (χ2n) is 6.22. The molecule has 2 heterocycles. The third kappa shape index (κ3) is 4.48. The highest BCUT2D eigenvalue weighted by atomic mass is 16.6. The van der Waals surface area contributed by atoms with Crippen molar-refractivity contribution in [2.75, 3.05) is 19.7 Å². The predicted octanol–water partition coefficient (Wildman–Crippen LogP) is 3.50. The van der Waals surface area contributed by atoms with Crippen LogP contribution in [0, 0.1) is 0 Å². The van der Waals surface area contributed by atoms with Crippen molar-refractivity contribution in [1.82, 2.24) is 9.88 Å². The summed E-state index contributed by atoms with van der Waals surface area (Å²) in [4.78, 5) is 18.0. The van der Waals surface area contributed by atoms with Gasteiger partial charge in [-0.15, -0.1) is 0 Å². The summed E-state index contributed by atoms with van der Waals surface area (Å²) in [6, 6.07) is 3.88. The van der Waals surface area contributed by atoms with Gasteiger partial charge in [-0.2, -0.15) is 0 Å². The highest BCUT2D eigenvalue weighted by Gasteiger charge is 2.23. The molecule has 0 atom stereocenters. The van der Waals surface area contributed by atoms with Crippen molar-refractivity contribution < 1.29 is 14.3 Å². The molecule has 0 spiro atoms. The number of aromatic nitrogens is 1. The normalized spacial score (nSPS) is 15.3. The number of carbonyl (C=O) groups excluding carboxylic acids is 1. The van der Waals surface area contributed by atoms with Gasteiger partial charge in [0.05, 0.1) is 6.61 Å². The number of rotatable bonds is 3. The Hall–Kier alpha value is -2.04. The number of amides is 1. The van der Waals surface area contributed by atoms with Crippen molar-refractivity contribution in [2.45, 2.75) is 39.7 Å². The van der Waals surface area contributed by atoms with Gasteiger partial charge in [0.2, 0.25) is 5.88 Å². The van der Waals surface area contributed by atoms with Crippen molar-refractivity contribution in [3.8, 4) is 5.88 Å². The van der Waals surface area contributed by atoms with E-state index in [9.17, 15) is 4.79 Å². The van der Waals surface area contributed by atoms with Gasteiger partial charge in [-0.05, 0) is 51.3 Å². The Bertz CT molecular complexity index is 544. The molecule has 1 aliphatic rings. The summed E-state index contributed by atoms with van der Waals surface area (Å²) >= 11 is 0. The van der Waals surface area contributed by atoms with Crippen LogP contribution in [0.5, 0.6) is 5.88 Å². The van der Waals surface area contributed by atoms with Gasteiger partial charge >= 0.3 is 6.09 Å². The molecular weight excluding hydrogens is 280 g/mol. The van der Waals surface area contributed by atoms with Crippen molar-refractivity contribution in [1.29, 1.82) is 0 Å². The fourth-order valence-corrected chi connectivity index (χ4v) is 2.23. The number of ether oxygens (including phenoxy) is 2. The molecule has 0 saturated heterocycles. The molecule has 5 heteroatoms. The summed E-state index contributed by atoms with van der Waals surface area (Å²) in [7, 11) is 0. The Balaban J connectivity index is 1.97. The van der Waals surface area contributed by atoms with Gasteiger partial charge < -0.3 is 14.4 Å². The van der Waals surface area contributed by atoms with Crippen LogP contribution in [0.25, 0.3) is 5.57 Å². The molecule has 2 rings (SSSR count). The van der Waals surface area contributed by atoms with E-state index < -0.39 is 5.60 Å². The molecule has 1 aromatic heterocycles. The molecule has 0 saturated carbocycles. The molecule has 0 aromatic carbocycles. The van der Waals surface area contributed by atoms with Crippen LogP contribution in [-0.4, -0.2) is 41.3 Å². The summed E-state index contributed by atoms with van der Waals surface area (Å²) in [5, 5.41) is 0. The van der Waals surface area contributed by atoms with Gasteiger partial charge in [0.1, 0.15) is 5.60 Å². The first-order chi connectivity index (χ1) is 10.4. The van der Waals surface area contributed by atoms with Crippen LogP contribution in [0.1, 0.15) is 39.7 Å². The Morgan fingerprint density at radius 3 is 2.64 bits per heavy atom. The zero-order valence-corrected chi connectivity index (χ0v) is 13.8. The molecule has 5 nitrogen and oxygen atoms in total. The zero-order valence-electron chi connectivity index (χ0n) is 13.8. The van der Waals surface area contributed by atoms with Crippen LogP contribution in [0.3, 0.4) is 0 Å². The molecule has 1 aromatic rings. The Morgan fingerprint density at radius 2 is 2.14 bits per heavy atom. The maximum Gasteiger partial charge on any atom is 0.410 e. The van der Waals surface area contributed by atoms with Crippen LogP contribution in [0.15, 0.2) is 24.4 Å². The van der Waals surface area contributed by atoms with E-state index in [1.807, 2.05) is 46.0 Å². The largest absolute Gasteiger partial charge is 0.478 e. The smallest absolute Gasteiger partial charge is 0.410 e. The Kier molecular flexibility index (Phi) is 5.06. The molecule has 1 aliphatic heterocycles. The lowest BCUT2D eigenvalue weighted by atomic mass is 10.0. The molecule has 22 heavy (non-hydrogen) atoms. The van der Waals surface area contributed by atoms with Gasteiger partial charge in [-0.3, -0.25) is 0 Å². The summed E-state index contributed by atoms with van der Waals surface area (Å²) in [6.07, 6.45) is 4.42. The van der Waals surface area contributed by atoms with Gasteiger partial charge in [-0.25, -0.2) is 9.78 Å². The zero-order chi connectivity index (χ0) is 16.2. The minimum absolute atomic E-state index is 0.257. The summed E-state index contributed by atoms with van der Waals surface area (Å²) in [5.74, 6) is 0.637. The molecule has 0 bridgehead atoms. The van der Waals surface area contributed by atoms with Crippen molar-refractivity contribution in [3.63, 3.8) is 0 Å². The minimum Gasteiger partial charge on any atom is -0.478 e. The fraction of sp³-hybridized carbons (Fsp3) is 0.529. The van der Waals surface area contributed by atoms with E-state index in [1.54, 1.807) is 4.90 Å². The molecule has 0 unspecified atom stereocenters. The monoisotopic (exact) mass is 304 g/mol. The van der Waals surface area contributed by atoms with E-state index in [1.165, 1.54) is 5.57 Å². The first kappa shape index (κ1) is 16.3. The average Bonchev–Trinajstić information content (AvgIpc) is 2.47. The minimum atomic E-state index is -0.458. The van der Waals surface area contributed by atoms with Crippen LogP contribution < -0.4 is 4.74 Å². The highest BCUT2D eigenvalue weighted by molar-refractivity contribution is 5.72. The van der Waals surface area contributed by atoms with E-state index in [0.29, 0.717) is 25.6 Å². The Labute approximate surface area is 131 Å². The van der Waals surface area contributed by atoms with E-state index in [2.05, 4.69) is 11.1 Å². The second-order valence-corrected chi connectivity index (χ2v) is 6.22. The summed E-state index contributed by atoms with van der Waals surface area (Å²) < 4.78 is 10.7. The van der Waals surface area contributed by atoms with Crippen molar-refractivity contribution in [3.05, 3.63) is 30.0 Å². The maximum absolute atomic E-state index is 12.0. The van der Waals surface area contributed by atoms with Gasteiger partial charge in [-0.1, -0.05) is 6.08 Å². The van der Waals surface area contributed by atoms with Gasteiger partial charge in [0.15, 0.2) is 0 Å². The molecular formula is C17H24N2O3. The highest BCUT2D eigenvalue weighted by Crippen LogP contribution is 2.24. The number of hydrogen-bond acceptors (Lipinski definition) is 4. The van der Waals surface area contributed by atoms with Gasteiger partial charge in [0, 0.05) is 25.4 Å². The first-order valence-electron chi connectivity index (χ1n) is 7.65. The van der Waals surface area contributed by atoms with Crippen molar-refractivity contribution in [2.24, 2.45) is 0 Å². The summed E-state index contributed by atoms with van der Waals surface area (Å²) in [6.45, 7) is 9.40. The van der Waals surface area contributed by atoms with E-state index >= 15 is 0 Å². The molecule has 0 N–H and O–H groups in total. The molecule has 120 valence electrons. The maximum atomic E-state index is 12.0. The number of carbonyl (C=O) groups is 1. The predicted molar refractivity (Wildman–Crippen MR) is 85.8 cm³/mol. The molecule has 0 radical (unpaired) electrons. The lowest BCUT2D eigenvalue weighted by Gasteiger charge is -2.29. The number of nitrogens with zero attached hydrogens (tertiary/aromatic N) is 2. The number of pyridine rings is 1. The average molecular weight is 304 g/mol. The van der Waals surface area contributed by atoms with Crippen LogP contribution >= 0.6 is 0 Å². The number of hydrogen-bond donors (Lipinski definition) is 0. The fourth-order valence-electron chi connectivity index (χ4n) is 2.23. The van der Waals surface area contributed by atoms with E-state index in [0.717, 1.165) is 12.0 Å². The molecule has 0 fully saturated rings. The van der Waals surface area contributed by atoms with Gasteiger partial charge in [0.25, 0.3) is 0 Å². The van der Waals surface area contributed by atoms with E-state index in [-0.39, 0.29) is 6.09 Å². The van der Waals surface area contributed by atoms with Crippen LogP contribution in [0.2, 0.25) is 0 Å². The van der Waals surface area contributed by atoms with Crippen LogP contribution in [-0.2, 0) is 4.74 Å². The Morgan fingerprint density at radius 1 is 1.36 bits per heavy atom. The van der Waals surface area contributed by atoms with Crippen molar-refractivity contribution >= 4 is 11.7 Å². The third-order valence-electron chi connectivity index (χ3n) is 3.26. The summed E-state index contributed by atoms with van der Waals surface area (Å²) in [5.41, 5.74) is 1.82. The SMILES string of the molecule is CCOc1ccc(C2=CCN(C(=O)OC(C)(C)C)CC2)cn1.